The molecule has 0 aromatic carbocycles. The number of hydrogen-bond acceptors (Lipinski definition) is 8. The number of piperazine rings is 1. The normalized spacial score (nSPS) is 25.0. The number of pyridine rings is 1. The van der Waals surface area contributed by atoms with Gasteiger partial charge in [-0.25, -0.2) is 18.7 Å². The highest BCUT2D eigenvalue weighted by Crippen LogP contribution is 2.51. The first kappa shape index (κ1) is 21.3. The number of nitrogens with zero attached hydrogens (tertiary/aromatic N) is 5. The van der Waals surface area contributed by atoms with Crippen molar-refractivity contribution in [1.82, 2.24) is 25.2 Å². The van der Waals surface area contributed by atoms with Crippen molar-refractivity contribution < 1.29 is 23.5 Å². The molecule has 33 heavy (non-hydrogen) atoms. The molecule has 5 rings (SSSR count). The van der Waals surface area contributed by atoms with Crippen LogP contribution in [0.1, 0.15) is 29.8 Å². The second-order valence-electron chi connectivity index (χ2n) is 8.59. The third-order valence-corrected chi connectivity index (χ3v) is 6.39. The summed E-state index contributed by atoms with van der Waals surface area (Å²) in [6.07, 6.45) is 4.19. The Labute approximate surface area is 188 Å². The summed E-state index contributed by atoms with van der Waals surface area (Å²) >= 11 is 0. The van der Waals surface area contributed by atoms with Gasteiger partial charge in [0.25, 0.3) is 11.8 Å². The Bertz CT molecular complexity index is 1100. The van der Waals surface area contributed by atoms with E-state index in [0.717, 1.165) is 12.8 Å². The number of hydrogen-bond donors (Lipinski definition) is 3. The van der Waals surface area contributed by atoms with Crippen LogP contribution in [0.3, 0.4) is 0 Å². The quantitative estimate of drug-likeness (QED) is 0.615. The van der Waals surface area contributed by atoms with Crippen molar-refractivity contribution >= 4 is 29.3 Å². The standard InChI is InChI=1S/C21H23F2N7O3/c1-24-18(32)17-15(31)6-11(8-26-17)27-20-25-5-4-16(28-20)29-9-12-2-3-13(10-29)30(12)19(33)14-7-21(14,22)23/h4-6,8,12-14,31H,2-3,7,9-10H2,1H3,(H,24,32)(H,25,27,28)/t12-,13+,14-/m0/s1. The molecule has 2 aromatic rings. The summed E-state index contributed by atoms with van der Waals surface area (Å²) in [5, 5.41) is 15.4. The number of fused-ring (bicyclic) bond motifs is 2. The van der Waals surface area contributed by atoms with E-state index in [4.69, 9.17) is 0 Å². The third kappa shape index (κ3) is 3.89. The van der Waals surface area contributed by atoms with Gasteiger partial charge in [-0.2, -0.15) is 4.98 Å². The smallest absolute Gasteiger partial charge is 0.273 e. The molecule has 3 fully saturated rings. The molecule has 0 unspecified atom stereocenters. The number of anilines is 3. The van der Waals surface area contributed by atoms with Crippen LogP contribution < -0.4 is 15.5 Å². The lowest BCUT2D eigenvalue weighted by Crippen LogP contribution is -2.56. The minimum Gasteiger partial charge on any atom is -0.505 e. The van der Waals surface area contributed by atoms with Crippen LogP contribution in [0, 0.1) is 5.92 Å². The first-order valence-corrected chi connectivity index (χ1v) is 10.7. The highest BCUT2D eigenvalue weighted by atomic mass is 19.3. The molecule has 3 atom stereocenters. The molecule has 10 nitrogen and oxygen atoms in total. The van der Waals surface area contributed by atoms with Crippen LogP contribution in [0.5, 0.6) is 5.75 Å². The van der Waals surface area contributed by atoms with E-state index in [-0.39, 0.29) is 35.9 Å². The van der Waals surface area contributed by atoms with E-state index >= 15 is 0 Å². The summed E-state index contributed by atoms with van der Waals surface area (Å²) in [5.74, 6) is -4.32. The highest BCUT2D eigenvalue weighted by molar-refractivity contribution is 5.95. The largest absolute Gasteiger partial charge is 0.505 e. The molecule has 2 saturated heterocycles. The Balaban J connectivity index is 1.28. The van der Waals surface area contributed by atoms with Gasteiger partial charge in [-0.1, -0.05) is 0 Å². The van der Waals surface area contributed by atoms with Crippen LogP contribution in [0.2, 0.25) is 0 Å². The summed E-state index contributed by atoms with van der Waals surface area (Å²) in [7, 11) is 1.44. The molecule has 2 bridgehead atoms. The number of carbonyl (C=O) groups is 2. The van der Waals surface area contributed by atoms with Crippen molar-refractivity contribution in [3.05, 3.63) is 30.2 Å². The minimum absolute atomic E-state index is 0.0930. The average Bonchev–Trinajstić information content (AvgIpc) is 3.36. The van der Waals surface area contributed by atoms with Crippen molar-refractivity contribution in [3.63, 3.8) is 0 Å². The van der Waals surface area contributed by atoms with Crippen LogP contribution in [0.15, 0.2) is 24.5 Å². The van der Waals surface area contributed by atoms with Crippen molar-refractivity contribution in [2.24, 2.45) is 5.92 Å². The molecule has 3 aliphatic rings. The Morgan fingerprint density at radius 2 is 1.91 bits per heavy atom. The van der Waals surface area contributed by atoms with Crippen molar-refractivity contribution in [2.75, 3.05) is 30.4 Å². The number of carbonyl (C=O) groups excluding carboxylic acids is 2. The van der Waals surface area contributed by atoms with Gasteiger partial charge in [0.2, 0.25) is 11.9 Å². The number of rotatable bonds is 5. The molecule has 12 heteroatoms. The highest BCUT2D eigenvalue weighted by Gasteiger charge is 2.64. The maximum absolute atomic E-state index is 13.4. The zero-order valence-corrected chi connectivity index (χ0v) is 17.8. The zero-order chi connectivity index (χ0) is 23.3. The molecular weight excluding hydrogens is 436 g/mol. The first-order chi connectivity index (χ1) is 15.8. The summed E-state index contributed by atoms with van der Waals surface area (Å²) in [4.78, 5) is 40.6. The Kier molecular flexibility index (Phi) is 5.02. The van der Waals surface area contributed by atoms with Gasteiger partial charge in [-0.05, 0) is 18.9 Å². The molecule has 1 saturated carbocycles. The van der Waals surface area contributed by atoms with Gasteiger partial charge in [0.05, 0.1) is 11.9 Å². The van der Waals surface area contributed by atoms with E-state index in [2.05, 4.69) is 25.6 Å². The van der Waals surface area contributed by atoms with Crippen LogP contribution >= 0.6 is 0 Å². The molecule has 2 aliphatic heterocycles. The van der Waals surface area contributed by atoms with Gasteiger partial charge >= 0.3 is 0 Å². The summed E-state index contributed by atoms with van der Waals surface area (Å²) in [6.45, 7) is 1.03. The van der Waals surface area contributed by atoms with Crippen LogP contribution in [-0.2, 0) is 4.79 Å². The molecule has 2 aromatic heterocycles. The topological polar surface area (TPSA) is 124 Å². The second-order valence-corrected chi connectivity index (χ2v) is 8.59. The Hall–Kier alpha value is -3.57. The maximum atomic E-state index is 13.4. The van der Waals surface area contributed by atoms with E-state index in [1.54, 1.807) is 17.2 Å². The van der Waals surface area contributed by atoms with Crippen LogP contribution in [0.25, 0.3) is 0 Å². The average molecular weight is 459 g/mol. The second kappa shape index (κ2) is 7.78. The van der Waals surface area contributed by atoms with E-state index in [1.165, 1.54) is 19.3 Å². The number of aromatic nitrogens is 3. The van der Waals surface area contributed by atoms with Crippen molar-refractivity contribution in [2.45, 2.75) is 37.3 Å². The SMILES string of the molecule is CNC(=O)c1ncc(Nc2nccc(N3C[C@H]4CC[C@@H](C3)N4C(=O)[C@@H]3CC3(F)F)n2)cc1O. The summed E-state index contributed by atoms with van der Waals surface area (Å²) in [5.41, 5.74) is 0.308. The van der Waals surface area contributed by atoms with Gasteiger partial charge in [0, 0.05) is 50.9 Å². The van der Waals surface area contributed by atoms with Crippen molar-refractivity contribution in [1.29, 1.82) is 0 Å². The van der Waals surface area contributed by atoms with Gasteiger partial charge in [0.15, 0.2) is 5.69 Å². The molecule has 3 N–H and O–H groups in total. The van der Waals surface area contributed by atoms with E-state index < -0.39 is 23.7 Å². The predicted molar refractivity (Wildman–Crippen MR) is 114 cm³/mol. The lowest BCUT2D eigenvalue weighted by molar-refractivity contribution is -0.138. The maximum Gasteiger partial charge on any atom is 0.273 e. The zero-order valence-electron chi connectivity index (χ0n) is 17.8. The minimum atomic E-state index is -2.86. The number of amides is 2. The molecule has 4 heterocycles. The van der Waals surface area contributed by atoms with E-state index in [0.29, 0.717) is 24.6 Å². The summed E-state index contributed by atoms with van der Waals surface area (Å²) < 4.78 is 26.8. The molecular formula is C21H23F2N7O3. The van der Waals surface area contributed by atoms with E-state index in [1.807, 2.05) is 4.90 Å². The van der Waals surface area contributed by atoms with Crippen LogP contribution in [-0.4, -0.2) is 74.9 Å². The van der Waals surface area contributed by atoms with Crippen molar-refractivity contribution in [3.8, 4) is 5.75 Å². The fourth-order valence-electron chi connectivity index (χ4n) is 4.64. The Morgan fingerprint density at radius 1 is 1.21 bits per heavy atom. The fraction of sp³-hybridized carbons (Fsp3) is 0.476. The van der Waals surface area contributed by atoms with Gasteiger partial charge in [0.1, 0.15) is 17.5 Å². The third-order valence-electron chi connectivity index (χ3n) is 6.39. The predicted octanol–water partition coefficient (Wildman–Crippen LogP) is 1.52. The number of halogens is 2. The fourth-order valence-corrected chi connectivity index (χ4v) is 4.64. The number of nitrogens with one attached hydrogen (secondary N) is 2. The van der Waals surface area contributed by atoms with Crippen LogP contribution in [0.4, 0.5) is 26.2 Å². The number of alkyl halides is 2. The van der Waals surface area contributed by atoms with Gasteiger partial charge in [-0.15, -0.1) is 0 Å². The lowest BCUT2D eigenvalue weighted by Gasteiger charge is -2.41. The van der Waals surface area contributed by atoms with Gasteiger partial charge < -0.3 is 25.5 Å². The van der Waals surface area contributed by atoms with Gasteiger partial charge in [-0.3, -0.25) is 9.59 Å². The lowest BCUT2D eigenvalue weighted by atomic mass is 10.1. The first-order valence-electron chi connectivity index (χ1n) is 10.7. The monoisotopic (exact) mass is 459 g/mol. The molecule has 2 amide bonds. The molecule has 174 valence electrons. The molecule has 0 radical (unpaired) electrons. The van der Waals surface area contributed by atoms with E-state index in [9.17, 15) is 23.5 Å². The molecule has 1 aliphatic carbocycles. The molecule has 0 spiro atoms. The summed E-state index contributed by atoms with van der Waals surface area (Å²) in [6, 6.07) is 2.88. The Morgan fingerprint density at radius 3 is 2.52 bits per heavy atom. The number of aromatic hydroxyl groups is 1.